The zero-order valence-corrected chi connectivity index (χ0v) is 22.9. The van der Waals surface area contributed by atoms with E-state index in [9.17, 15) is 22.4 Å². The molecule has 2 aromatic rings. The first-order valence-electron chi connectivity index (χ1n) is 11.4. The van der Waals surface area contributed by atoms with Gasteiger partial charge in [-0.05, 0) is 37.1 Å². The molecule has 2 rings (SSSR count). The Morgan fingerprint density at radius 3 is 2.39 bits per heavy atom. The minimum Gasteiger partial charge on any atom is -0.492 e. The van der Waals surface area contributed by atoms with E-state index in [-0.39, 0.29) is 46.9 Å². The van der Waals surface area contributed by atoms with E-state index < -0.39 is 27.6 Å². The van der Waals surface area contributed by atoms with Gasteiger partial charge in [0.2, 0.25) is 11.8 Å². The van der Waals surface area contributed by atoms with Crippen LogP contribution < -0.4 is 24.8 Å². The molecule has 0 spiro atoms. The van der Waals surface area contributed by atoms with Gasteiger partial charge in [-0.25, -0.2) is 8.42 Å². The molecule has 12 heteroatoms. The Bertz CT molecular complexity index is 1180. The number of alkyl halides is 1. The molecule has 0 aliphatic rings. The summed E-state index contributed by atoms with van der Waals surface area (Å²) in [4.78, 5) is 24.4. The average Bonchev–Trinajstić information content (AvgIpc) is 2.76. The van der Waals surface area contributed by atoms with Crippen LogP contribution in [0, 0.1) is 5.92 Å². The van der Waals surface area contributed by atoms with Crippen molar-refractivity contribution in [1.82, 2.24) is 5.32 Å². The lowest BCUT2D eigenvalue weighted by Gasteiger charge is -2.22. The molecule has 2 unspecified atom stereocenters. The Balaban J connectivity index is 2.30. The summed E-state index contributed by atoms with van der Waals surface area (Å²) in [6, 6.07) is 9.23. The van der Waals surface area contributed by atoms with Crippen molar-refractivity contribution in [1.29, 1.82) is 0 Å². The van der Waals surface area contributed by atoms with Crippen LogP contribution in [0.25, 0.3) is 0 Å². The van der Waals surface area contributed by atoms with E-state index in [4.69, 9.17) is 9.47 Å². The van der Waals surface area contributed by atoms with Crippen molar-refractivity contribution in [2.45, 2.75) is 57.6 Å². The standard InChI is InChI=1S/C24H33FN3O6PS/c1-6-21(29)27-22(15(3)4)23(30)26-16-11-12-20(19(14-16)33-7-2)36(31,32)28-17-9-8-10-18(13-17)34-24(5,25)35/h8-15,22,28H,6-7,35H2,1-5H3,(H,26,30)(H,27,29)/t22-,24?/m0/s1. The zero-order valence-electron chi connectivity index (χ0n) is 20.9. The summed E-state index contributed by atoms with van der Waals surface area (Å²) in [6.07, 6.45) is 0.240. The zero-order chi connectivity index (χ0) is 27.1. The third-order valence-electron chi connectivity index (χ3n) is 4.79. The van der Waals surface area contributed by atoms with E-state index in [2.05, 4.69) is 15.4 Å². The average molecular weight is 542 g/mol. The van der Waals surface area contributed by atoms with Gasteiger partial charge in [0.05, 0.1) is 12.3 Å². The van der Waals surface area contributed by atoms with Crippen molar-refractivity contribution in [3.05, 3.63) is 42.5 Å². The predicted octanol–water partition coefficient (Wildman–Crippen LogP) is 4.27. The van der Waals surface area contributed by atoms with Crippen LogP contribution in [0.1, 0.15) is 41.0 Å². The number of ether oxygens (including phenoxy) is 2. The van der Waals surface area contributed by atoms with Gasteiger partial charge in [-0.15, -0.1) is 0 Å². The molecular weight excluding hydrogens is 508 g/mol. The van der Waals surface area contributed by atoms with Gasteiger partial charge in [-0.1, -0.05) is 36.1 Å². The number of hydrogen-bond acceptors (Lipinski definition) is 6. The topological polar surface area (TPSA) is 123 Å². The van der Waals surface area contributed by atoms with Crippen LogP contribution in [0.3, 0.4) is 0 Å². The Morgan fingerprint density at radius 2 is 1.81 bits per heavy atom. The molecule has 0 heterocycles. The van der Waals surface area contributed by atoms with Crippen molar-refractivity contribution in [2.24, 2.45) is 5.92 Å². The smallest absolute Gasteiger partial charge is 0.265 e. The Labute approximate surface area is 213 Å². The van der Waals surface area contributed by atoms with E-state index in [0.717, 1.165) is 0 Å². The summed E-state index contributed by atoms with van der Waals surface area (Å²) in [5.41, 5.74) is -1.56. The van der Waals surface area contributed by atoms with Gasteiger partial charge in [0, 0.05) is 31.2 Å². The number of carbonyl (C=O) groups excluding carboxylic acids is 2. The van der Waals surface area contributed by atoms with Gasteiger partial charge >= 0.3 is 0 Å². The number of anilines is 2. The SMILES string of the molecule is CCOc1cc(NC(=O)[C@@H](NC(=O)CC)C(C)C)ccc1S(=O)(=O)Nc1cccc(OC(C)(F)P)c1. The highest BCUT2D eigenvalue weighted by Crippen LogP contribution is 2.31. The monoisotopic (exact) mass is 541 g/mol. The molecule has 36 heavy (non-hydrogen) atoms. The lowest BCUT2D eigenvalue weighted by molar-refractivity contribution is -0.127. The molecule has 3 N–H and O–H groups in total. The van der Waals surface area contributed by atoms with Gasteiger partial charge < -0.3 is 20.1 Å². The van der Waals surface area contributed by atoms with Crippen LogP contribution in [-0.2, 0) is 19.6 Å². The molecule has 0 saturated carbocycles. The molecular formula is C24H33FN3O6PS. The summed E-state index contributed by atoms with van der Waals surface area (Å²) in [7, 11) is -2.22. The molecule has 2 amide bonds. The van der Waals surface area contributed by atoms with Gasteiger partial charge in [0.1, 0.15) is 22.4 Å². The number of sulfonamides is 1. The summed E-state index contributed by atoms with van der Waals surface area (Å²) < 4.78 is 53.1. The molecule has 3 atom stereocenters. The summed E-state index contributed by atoms with van der Waals surface area (Å²) in [5, 5.41) is 5.39. The fraction of sp³-hybridized carbons (Fsp3) is 0.417. The van der Waals surface area contributed by atoms with Crippen LogP contribution in [0.5, 0.6) is 11.5 Å². The molecule has 0 fully saturated rings. The van der Waals surface area contributed by atoms with Crippen LogP contribution in [0.4, 0.5) is 15.8 Å². The third kappa shape index (κ3) is 8.64. The highest BCUT2D eigenvalue weighted by molar-refractivity contribution is 7.92. The second kappa shape index (κ2) is 12.4. The first-order valence-corrected chi connectivity index (χ1v) is 13.5. The maximum Gasteiger partial charge on any atom is 0.265 e. The lowest BCUT2D eigenvalue weighted by atomic mass is 10.0. The number of nitrogens with one attached hydrogen (secondary N) is 3. The molecule has 0 radical (unpaired) electrons. The summed E-state index contributed by atoms with van der Waals surface area (Å²) in [5.74, 6) is -0.705. The normalized spacial score (nSPS) is 13.9. The molecule has 0 aliphatic carbocycles. The van der Waals surface area contributed by atoms with E-state index in [1.807, 2.05) is 9.24 Å². The predicted molar refractivity (Wildman–Crippen MR) is 140 cm³/mol. The first-order chi connectivity index (χ1) is 16.8. The second-order valence-electron chi connectivity index (χ2n) is 8.45. The van der Waals surface area contributed by atoms with Crippen molar-refractivity contribution in [2.75, 3.05) is 16.6 Å². The quantitative estimate of drug-likeness (QED) is 0.345. The number of amides is 2. The maximum atomic E-state index is 13.8. The van der Waals surface area contributed by atoms with E-state index >= 15 is 0 Å². The van der Waals surface area contributed by atoms with Crippen molar-refractivity contribution in [3.63, 3.8) is 0 Å². The fourth-order valence-corrected chi connectivity index (χ4v) is 4.48. The largest absolute Gasteiger partial charge is 0.492 e. The van der Waals surface area contributed by atoms with Gasteiger partial charge in [0.15, 0.2) is 0 Å². The van der Waals surface area contributed by atoms with Gasteiger partial charge in [0.25, 0.3) is 15.6 Å². The third-order valence-corrected chi connectivity index (χ3v) is 6.33. The van der Waals surface area contributed by atoms with Crippen molar-refractivity contribution < 1.29 is 31.9 Å². The number of rotatable bonds is 12. The van der Waals surface area contributed by atoms with E-state index in [1.165, 1.54) is 49.4 Å². The first kappa shape index (κ1) is 29.3. The molecule has 0 aromatic heterocycles. The van der Waals surface area contributed by atoms with E-state index in [0.29, 0.717) is 5.69 Å². The van der Waals surface area contributed by atoms with E-state index in [1.54, 1.807) is 27.7 Å². The second-order valence-corrected chi connectivity index (χ2v) is 11.1. The lowest BCUT2D eigenvalue weighted by Crippen LogP contribution is -2.46. The Hall–Kier alpha value is -2.91. The fourth-order valence-electron chi connectivity index (χ4n) is 3.17. The van der Waals surface area contributed by atoms with Crippen molar-refractivity contribution in [3.8, 4) is 11.5 Å². The Kier molecular flexibility index (Phi) is 10.1. The molecule has 0 bridgehead atoms. The van der Waals surface area contributed by atoms with Crippen LogP contribution in [-0.4, -0.2) is 38.5 Å². The highest BCUT2D eigenvalue weighted by Gasteiger charge is 2.26. The van der Waals surface area contributed by atoms with Crippen LogP contribution >= 0.6 is 9.24 Å². The Morgan fingerprint density at radius 1 is 1.11 bits per heavy atom. The molecule has 0 saturated heterocycles. The minimum atomic E-state index is -4.12. The number of carbonyl (C=O) groups is 2. The minimum absolute atomic E-state index is 0.0233. The highest BCUT2D eigenvalue weighted by atomic mass is 32.2. The van der Waals surface area contributed by atoms with Crippen LogP contribution in [0.2, 0.25) is 0 Å². The molecule has 2 aromatic carbocycles. The number of benzene rings is 2. The van der Waals surface area contributed by atoms with Crippen molar-refractivity contribution >= 4 is 42.5 Å². The molecule has 9 nitrogen and oxygen atoms in total. The van der Waals surface area contributed by atoms with Gasteiger partial charge in [-0.2, -0.15) is 4.39 Å². The van der Waals surface area contributed by atoms with Crippen LogP contribution in [0.15, 0.2) is 47.4 Å². The molecule has 198 valence electrons. The number of hydrogen-bond donors (Lipinski definition) is 3. The number of halogens is 1. The summed E-state index contributed by atoms with van der Waals surface area (Å²) >= 11 is 0. The summed E-state index contributed by atoms with van der Waals surface area (Å²) in [6.45, 7) is 8.37. The maximum absolute atomic E-state index is 13.8. The van der Waals surface area contributed by atoms with Gasteiger partial charge in [-0.3, -0.25) is 14.3 Å². The molecule has 0 aliphatic heterocycles.